The Labute approximate surface area is 92.1 Å². The summed E-state index contributed by atoms with van der Waals surface area (Å²) in [6.07, 6.45) is -0.482. The number of benzene rings is 1. The number of aryl methyl sites for hydroxylation is 2. The van der Waals surface area contributed by atoms with Gasteiger partial charge in [0.25, 0.3) is 0 Å². The molecule has 3 N–H and O–H groups in total. The Hall–Kier alpha value is -0.860. The van der Waals surface area contributed by atoms with Gasteiger partial charge in [-0.15, -0.1) is 0 Å². The fourth-order valence-electron chi connectivity index (χ4n) is 1.94. The van der Waals surface area contributed by atoms with Gasteiger partial charge in [0.1, 0.15) is 0 Å². The van der Waals surface area contributed by atoms with Gasteiger partial charge in [-0.05, 0) is 36.5 Å². The van der Waals surface area contributed by atoms with Gasteiger partial charge < -0.3 is 10.8 Å². The highest BCUT2D eigenvalue weighted by molar-refractivity contribution is 5.36. The first kappa shape index (κ1) is 12.2. The van der Waals surface area contributed by atoms with Gasteiger partial charge in [-0.3, -0.25) is 0 Å². The number of nitrogens with two attached hydrogens (primary N) is 1. The molecule has 0 aliphatic rings. The van der Waals surface area contributed by atoms with Gasteiger partial charge in [-0.2, -0.15) is 0 Å². The summed E-state index contributed by atoms with van der Waals surface area (Å²) in [6, 6.07) is 5.80. The third-order valence-corrected chi connectivity index (χ3v) is 2.93. The number of hydrogen-bond acceptors (Lipinski definition) is 2. The van der Waals surface area contributed by atoms with Crippen molar-refractivity contribution in [3.05, 3.63) is 34.9 Å². The Morgan fingerprint density at radius 1 is 1.13 bits per heavy atom. The Morgan fingerprint density at radius 3 is 2.00 bits per heavy atom. The zero-order chi connectivity index (χ0) is 11.6. The molecule has 0 fully saturated rings. The lowest BCUT2D eigenvalue weighted by atomic mass is 9.89. The quantitative estimate of drug-likeness (QED) is 0.799. The third kappa shape index (κ3) is 2.58. The summed E-state index contributed by atoms with van der Waals surface area (Å²) in [4.78, 5) is 0. The second kappa shape index (κ2) is 4.77. The van der Waals surface area contributed by atoms with E-state index < -0.39 is 6.10 Å². The summed E-state index contributed by atoms with van der Waals surface area (Å²) in [6.45, 7) is 8.04. The van der Waals surface area contributed by atoms with Crippen molar-refractivity contribution in [3.63, 3.8) is 0 Å². The topological polar surface area (TPSA) is 46.2 Å². The minimum Gasteiger partial charge on any atom is -0.391 e. The number of aliphatic hydroxyl groups excluding tert-OH is 1. The van der Waals surface area contributed by atoms with Crippen LogP contribution >= 0.6 is 0 Å². The monoisotopic (exact) mass is 207 g/mol. The SMILES string of the molecule is Cc1cccc(C)c1[C@@H](N)[C@@H](O)C(C)C. The zero-order valence-corrected chi connectivity index (χ0v) is 9.99. The van der Waals surface area contributed by atoms with Crippen LogP contribution < -0.4 is 5.73 Å². The van der Waals surface area contributed by atoms with Crippen LogP contribution in [-0.4, -0.2) is 11.2 Å². The first-order valence-corrected chi connectivity index (χ1v) is 5.45. The second-order valence-corrected chi connectivity index (χ2v) is 4.57. The summed E-state index contributed by atoms with van der Waals surface area (Å²) in [7, 11) is 0. The molecule has 0 unspecified atom stereocenters. The van der Waals surface area contributed by atoms with Crippen LogP contribution in [-0.2, 0) is 0 Å². The van der Waals surface area contributed by atoms with Crippen LogP contribution in [0.4, 0.5) is 0 Å². The van der Waals surface area contributed by atoms with E-state index in [0.29, 0.717) is 0 Å². The van der Waals surface area contributed by atoms with Crippen molar-refractivity contribution in [1.82, 2.24) is 0 Å². The van der Waals surface area contributed by atoms with Crippen molar-refractivity contribution in [2.75, 3.05) is 0 Å². The Balaban J connectivity index is 3.05. The van der Waals surface area contributed by atoms with Gasteiger partial charge in [-0.1, -0.05) is 32.0 Å². The van der Waals surface area contributed by atoms with E-state index in [9.17, 15) is 5.11 Å². The van der Waals surface area contributed by atoms with Crippen LogP contribution in [0.1, 0.15) is 36.6 Å². The van der Waals surface area contributed by atoms with Gasteiger partial charge in [0.05, 0.1) is 12.1 Å². The van der Waals surface area contributed by atoms with E-state index in [1.807, 2.05) is 45.9 Å². The molecule has 0 heterocycles. The highest BCUT2D eigenvalue weighted by atomic mass is 16.3. The Kier molecular flexibility index (Phi) is 3.89. The van der Waals surface area contributed by atoms with E-state index in [2.05, 4.69) is 0 Å². The van der Waals surface area contributed by atoms with Crippen LogP contribution in [0.5, 0.6) is 0 Å². The molecule has 0 amide bonds. The molecule has 0 aliphatic heterocycles. The lowest BCUT2D eigenvalue weighted by molar-refractivity contribution is 0.0975. The normalized spacial score (nSPS) is 15.4. The molecule has 84 valence electrons. The molecule has 0 radical (unpaired) electrons. The van der Waals surface area contributed by atoms with Crippen molar-refractivity contribution in [2.24, 2.45) is 11.7 Å². The average Bonchev–Trinajstić information content (AvgIpc) is 2.15. The van der Waals surface area contributed by atoms with Crippen LogP contribution in [0.15, 0.2) is 18.2 Å². The lowest BCUT2D eigenvalue weighted by Gasteiger charge is -2.25. The fourth-order valence-corrected chi connectivity index (χ4v) is 1.94. The number of hydrogen-bond donors (Lipinski definition) is 2. The summed E-state index contributed by atoms with van der Waals surface area (Å²) >= 11 is 0. The number of rotatable bonds is 3. The van der Waals surface area contributed by atoms with E-state index in [0.717, 1.165) is 16.7 Å². The smallest absolute Gasteiger partial charge is 0.0755 e. The molecule has 1 aromatic rings. The molecule has 2 atom stereocenters. The molecular formula is C13H21NO. The van der Waals surface area contributed by atoms with Gasteiger partial charge in [-0.25, -0.2) is 0 Å². The van der Waals surface area contributed by atoms with Gasteiger partial charge in [0, 0.05) is 0 Å². The molecule has 2 heteroatoms. The minimum absolute atomic E-state index is 0.180. The van der Waals surface area contributed by atoms with Crippen molar-refractivity contribution in [2.45, 2.75) is 39.8 Å². The maximum atomic E-state index is 9.97. The molecule has 2 nitrogen and oxygen atoms in total. The fraction of sp³-hybridized carbons (Fsp3) is 0.538. The first-order chi connectivity index (χ1) is 6.95. The van der Waals surface area contributed by atoms with Crippen LogP contribution in [0.2, 0.25) is 0 Å². The van der Waals surface area contributed by atoms with E-state index in [1.54, 1.807) is 0 Å². The predicted octanol–water partition coefficient (Wildman–Crippen LogP) is 2.32. The van der Waals surface area contributed by atoms with Gasteiger partial charge in [0.2, 0.25) is 0 Å². The van der Waals surface area contributed by atoms with Crippen LogP contribution in [0, 0.1) is 19.8 Å². The second-order valence-electron chi connectivity index (χ2n) is 4.57. The van der Waals surface area contributed by atoms with Gasteiger partial charge in [0.15, 0.2) is 0 Å². The van der Waals surface area contributed by atoms with Crippen LogP contribution in [0.25, 0.3) is 0 Å². The largest absolute Gasteiger partial charge is 0.391 e. The molecular weight excluding hydrogens is 186 g/mol. The van der Waals surface area contributed by atoms with Crippen molar-refractivity contribution in [1.29, 1.82) is 0 Å². The van der Waals surface area contributed by atoms with Gasteiger partial charge >= 0.3 is 0 Å². The summed E-state index contributed by atoms with van der Waals surface area (Å²) < 4.78 is 0. The third-order valence-electron chi connectivity index (χ3n) is 2.93. The maximum Gasteiger partial charge on any atom is 0.0755 e. The highest BCUT2D eigenvalue weighted by Gasteiger charge is 2.22. The Morgan fingerprint density at radius 2 is 1.60 bits per heavy atom. The molecule has 0 spiro atoms. The van der Waals surface area contributed by atoms with E-state index >= 15 is 0 Å². The predicted molar refractivity (Wildman–Crippen MR) is 63.7 cm³/mol. The van der Waals surface area contributed by atoms with Crippen molar-refractivity contribution < 1.29 is 5.11 Å². The standard InChI is InChI=1S/C13H21NO/c1-8(2)13(15)12(14)11-9(3)6-5-7-10(11)4/h5-8,12-13,15H,14H2,1-4H3/t12-,13+/m1/s1. The van der Waals surface area contributed by atoms with E-state index in [1.165, 1.54) is 0 Å². The van der Waals surface area contributed by atoms with Crippen LogP contribution in [0.3, 0.4) is 0 Å². The zero-order valence-electron chi connectivity index (χ0n) is 9.99. The Bertz CT molecular complexity index is 313. The molecule has 0 saturated heterocycles. The first-order valence-electron chi connectivity index (χ1n) is 5.45. The highest BCUT2D eigenvalue weighted by Crippen LogP contribution is 2.25. The molecule has 0 aliphatic carbocycles. The molecule has 1 rings (SSSR count). The summed E-state index contributed by atoms with van der Waals surface area (Å²) in [5, 5.41) is 9.97. The molecule has 0 bridgehead atoms. The molecule has 0 saturated carbocycles. The number of aliphatic hydroxyl groups is 1. The van der Waals surface area contributed by atoms with E-state index in [-0.39, 0.29) is 12.0 Å². The van der Waals surface area contributed by atoms with Crippen molar-refractivity contribution in [3.8, 4) is 0 Å². The average molecular weight is 207 g/mol. The molecule has 1 aromatic carbocycles. The molecule has 15 heavy (non-hydrogen) atoms. The maximum absolute atomic E-state index is 9.97. The van der Waals surface area contributed by atoms with E-state index in [4.69, 9.17) is 5.73 Å². The summed E-state index contributed by atoms with van der Waals surface area (Å²) in [5.74, 6) is 0.180. The minimum atomic E-state index is -0.482. The molecule has 0 aromatic heterocycles. The summed E-state index contributed by atoms with van der Waals surface area (Å²) in [5.41, 5.74) is 9.48. The van der Waals surface area contributed by atoms with Crippen molar-refractivity contribution >= 4 is 0 Å². The lowest BCUT2D eigenvalue weighted by Crippen LogP contribution is -2.31.